The Balaban J connectivity index is 1.44. The van der Waals surface area contributed by atoms with Gasteiger partial charge in [-0.05, 0) is 19.4 Å². The second kappa shape index (κ2) is 7.24. The fourth-order valence-electron chi connectivity index (χ4n) is 2.60. The van der Waals surface area contributed by atoms with E-state index >= 15 is 0 Å². The van der Waals surface area contributed by atoms with Crippen LogP contribution in [-0.4, -0.2) is 65.2 Å². The molecule has 2 N–H and O–H groups in total. The molecule has 2 saturated heterocycles. The van der Waals surface area contributed by atoms with Crippen molar-refractivity contribution in [1.29, 1.82) is 0 Å². The Labute approximate surface area is 128 Å². The summed E-state index contributed by atoms with van der Waals surface area (Å²) in [6.45, 7) is 4.65. The maximum Gasteiger partial charge on any atom is 0.292 e. The third kappa shape index (κ3) is 3.96. The Hall–Kier alpha value is -1.12. The zero-order chi connectivity index (χ0) is 14.5. The van der Waals surface area contributed by atoms with Crippen molar-refractivity contribution in [2.75, 3.05) is 44.2 Å². The molecule has 0 aromatic carbocycles. The smallest absolute Gasteiger partial charge is 0.292 e. The van der Waals surface area contributed by atoms with Gasteiger partial charge in [-0.2, -0.15) is 16.7 Å². The van der Waals surface area contributed by atoms with E-state index in [0.717, 1.165) is 39.0 Å². The highest BCUT2D eigenvalue weighted by molar-refractivity contribution is 7.99. The molecule has 2 aliphatic heterocycles. The highest BCUT2D eigenvalue weighted by atomic mass is 32.2. The minimum atomic E-state index is -0.255. The molecule has 7 nitrogen and oxygen atoms in total. The third-order valence-corrected chi connectivity index (χ3v) is 4.76. The quantitative estimate of drug-likeness (QED) is 0.807. The van der Waals surface area contributed by atoms with Gasteiger partial charge in [-0.1, -0.05) is 5.16 Å². The summed E-state index contributed by atoms with van der Waals surface area (Å²) < 4.78 is 5.17. The molecule has 0 aliphatic carbocycles. The highest BCUT2D eigenvalue weighted by Crippen LogP contribution is 2.20. The van der Waals surface area contributed by atoms with E-state index in [2.05, 4.69) is 25.7 Å². The maximum absolute atomic E-state index is 12.0. The first-order chi connectivity index (χ1) is 10.3. The Morgan fingerprint density at radius 1 is 1.48 bits per heavy atom. The summed E-state index contributed by atoms with van der Waals surface area (Å²) in [5, 5.41) is 9.90. The van der Waals surface area contributed by atoms with Crippen LogP contribution < -0.4 is 10.6 Å². The second-order valence-electron chi connectivity index (χ2n) is 5.32. The van der Waals surface area contributed by atoms with Crippen molar-refractivity contribution in [3.05, 3.63) is 11.7 Å². The molecule has 1 aromatic rings. The lowest BCUT2D eigenvalue weighted by molar-refractivity contribution is 0.0935. The molecule has 116 valence electrons. The number of nitrogens with one attached hydrogen (secondary N) is 2. The lowest BCUT2D eigenvalue weighted by atomic mass is 10.2. The molecule has 8 heteroatoms. The number of hydrogen-bond acceptors (Lipinski definition) is 7. The van der Waals surface area contributed by atoms with E-state index < -0.39 is 0 Å². The summed E-state index contributed by atoms with van der Waals surface area (Å²) in [6.07, 6.45) is 2.08. The van der Waals surface area contributed by atoms with Crippen LogP contribution in [0.3, 0.4) is 0 Å². The second-order valence-corrected chi connectivity index (χ2v) is 6.54. The first-order valence-electron chi connectivity index (χ1n) is 7.48. The van der Waals surface area contributed by atoms with Crippen molar-refractivity contribution in [3.8, 4) is 0 Å². The van der Waals surface area contributed by atoms with Gasteiger partial charge in [-0.3, -0.25) is 9.69 Å². The lowest BCUT2D eigenvalue weighted by Crippen LogP contribution is -2.39. The van der Waals surface area contributed by atoms with Gasteiger partial charge in [0.25, 0.3) is 11.7 Å². The largest absolute Gasteiger partial charge is 0.348 e. The molecule has 2 fully saturated rings. The summed E-state index contributed by atoms with van der Waals surface area (Å²) in [5.74, 6) is 2.75. The molecule has 0 saturated carbocycles. The van der Waals surface area contributed by atoms with Crippen LogP contribution in [-0.2, 0) is 0 Å². The summed E-state index contributed by atoms with van der Waals surface area (Å²) >= 11 is 1.98. The van der Waals surface area contributed by atoms with E-state index in [1.54, 1.807) is 0 Å². The van der Waals surface area contributed by atoms with Crippen molar-refractivity contribution in [2.45, 2.75) is 18.9 Å². The highest BCUT2D eigenvalue weighted by Gasteiger charge is 2.24. The van der Waals surface area contributed by atoms with Gasteiger partial charge in [0.05, 0.1) is 6.04 Å². The third-order valence-electron chi connectivity index (χ3n) is 3.82. The zero-order valence-electron chi connectivity index (χ0n) is 12.0. The Morgan fingerprint density at radius 3 is 3.10 bits per heavy atom. The van der Waals surface area contributed by atoms with Gasteiger partial charge in [0.2, 0.25) is 5.89 Å². The van der Waals surface area contributed by atoms with Crippen LogP contribution in [0.25, 0.3) is 0 Å². The van der Waals surface area contributed by atoms with E-state index in [9.17, 15) is 4.79 Å². The lowest BCUT2D eigenvalue weighted by Gasteiger charge is -2.25. The van der Waals surface area contributed by atoms with Crippen molar-refractivity contribution in [2.24, 2.45) is 0 Å². The molecule has 1 amide bonds. The first kappa shape index (κ1) is 14.8. The molecule has 1 unspecified atom stereocenters. The summed E-state index contributed by atoms with van der Waals surface area (Å²) in [4.78, 5) is 18.5. The van der Waals surface area contributed by atoms with Crippen molar-refractivity contribution in [3.63, 3.8) is 0 Å². The summed E-state index contributed by atoms with van der Waals surface area (Å²) in [6, 6.07) is 0.102. The number of nitrogens with zero attached hydrogens (tertiary/aromatic N) is 3. The Bertz CT molecular complexity index is 469. The minimum absolute atomic E-state index is 0.102. The monoisotopic (exact) mass is 311 g/mol. The van der Waals surface area contributed by atoms with Crippen LogP contribution in [0.4, 0.5) is 0 Å². The molecule has 3 heterocycles. The van der Waals surface area contributed by atoms with Crippen LogP contribution in [0.2, 0.25) is 0 Å². The molecule has 0 radical (unpaired) electrons. The van der Waals surface area contributed by atoms with E-state index in [4.69, 9.17) is 4.52 Å². The molecule has 1 atom stereocenters. The Kier molecular flexibility index (Phi) is 5.10. The summed E-state index contributed by atoms with van der Waals surface area (Å²) in [7, 11) is 0. The van der Waals surface area contributed by atoms with Gasteiger partial charge in [0.1, 0.15) is 0 Å². The SMILES string of the molecule is O=C(NCCN1CCSCC1)c1noc(C2CCCN2)n1. The van der Waals surface area contributed by atoms with Gasteiger partial charge in [-0.15, -0.1) is 0 Å². The van der Waals surface area contributed by atoms with E-state index in [-0.39, 0.29) is 17.8 Å². The fourth-order valence-corrected chi connectivity index (χ4v) is 3.57. The molecule has 2 aliphatic rings. The average Bonchev–Trinajstić information content (AvgIpc) is 3.19. The van der Waals surface area contributed by atoms with Gasteiger partial charge in [0, 0.05) is 37.7 Å². The normalized spacial score (nSPS) is 23.3. The van der Waals surface area contributed by atoms with Gasteiger partial charge < -0.3 is 15.2 Å². The predicted octanol–water partition coefficient (Wildman–Crippen LogP) is 0.273. The predicted molar refractivity (Wildman–Crippen MR) is 80.4 cm³/mol. The van der Waals surface area contributed by atoms with Crippen LogP contribution in [0, 0.1) is 0 Å². The topological polar surface area (TPSA) is 83.3 Å². The van der Waals surface area contributed by atoms with Gasteiger partial charge >= 0.3 is 0 Å². The van der Waals surface area contributed by atoms with Crippen LogP contribution >= 0.6 is 11.8 Å². The number of thioether (sulfide) groups is 1. The van der Waals surface area contributed by atoms with Gasteiger partial charge in [-0.25, -0.2) is 0 Å². The van der Waals surface area contributed by atoms with Crippen LogP contribution in [0.5, 0.6) is 0 Å². The maximum atomic E-state index is 12.0. The molecule has 0 spiro atoms. The van der Waals surface area contributed by atoms with Crippen molar-refractivity contribution in [1.82, 2.24) is 25.7 Å². The van der Waals surface area contributed by atoms with E-state index in [1.165, 1.54) is 11.5 Å². The number of carbonyl (C=O) groups is 1. The van der Waals surface area contributed by atoms with Crippen LogP contribution in [0.15, 0.2) is 4.52 Å². The molecule has 1 aromatic heterocycles. The number of hydrogen-bond donors (Lipinski definition) is 2. The van der Waals surface area contributed by atoms with E-state index in [0.29, 0.717) is 12.4 Å². The number of carbonyl (C=O) groups excluding carboxylic acids is 1. The summed E-state index contributed by atoms with van der Waals surface area (Å²) in [5.41, 5.74) is 0. The van der Waals surface area contributed by atoms with Crippen molar-refractivity contribution < 1.29 is 9.32 Å². The fraction of sp³-hybridized carbons (Fsp3) is 0.769. The van der Waals surface area contributed by atoms with E-state index in [1.807, 2.05) is 11.8 Å². The zero-order valence-corrected chi connectivity index (χ0v) is 12.8. The minimum Gasteiger partial charge on any atom is -0.348 e. The molecular formula is C13H21N5O2S. The molecule has 3 rings (SSSR count). The number of rotatable bonds is 5. The first-order valence-corrected chi connectivity index (χ1v) is 8.64. The number of amides is 1. The molecular weight excluding hydrogens is 290 g/mol. The molecule has 0 bridgehead atoms. The number of aromatic nitrogens is 2. The Morgan fingerprint density at radius 2 is 2.33 bits per heavy atom. The van der Waals surface area contributed by atoms with Crippen LogP contribution in [0.1, 0.15) is 35.4 Å². The average molecular weight is 311 g/mol. The molecule has 21 heavy (non-hydrogen) atoms. The standard InChI is InChI=1S/C13H21N5O2S/c19-12(15-4-5-18-6-8-21-9-7-18)11-16-13(20-17-11)10-2-1-3-14-10/h10,14H,1-9H2,(H,15,19). The van der Waals surface area contributed by atoms with Gasteiger partial charge in [0.15, 0.2) is 0 Å². The van der Waals surface area contributed by atoms with Crippen molar-refractivity contribution >= 4 is 17.7 Å².